The Balaban J connectivity index is 2.92. The Hall–Kier alpha value is -0.940. The molecule has 0 radical (unpaired) electrons. The van der Waals surface area contributed by atoms with Gasteiger partial charge in [0, 0.05) is 6.61 Å². The predicted octanol–water partition coefficient (Wildman–Crippen LogP) is 2.40. The number of nitrogens with zero attached hydrogens (tertiary/aromatic N) is 2. The molecule has 5 nitrogen and oxygen atoms in total. The molecule has 1 aromatic rings. The van der Waals surface area contributed by atoms with E-state index in [0.29, 0.717) is 18.3 Å². The summed E-state index contributed by atoms with van der Waals surface area (Å²) in [5, 5.41) is 7.19. The Morgan fingerprint density at radius 1 is 1.41 bits per heavy atom. The number of aromatic nitrogens is 2. The third-order valence-corrected chi connectivity index (χ3v) is 3.11. The molecule has 1 aromatic heterocycles. The van der Waals surface area contributed by atoms with Crippen LogP contribution in [0.3, 0.4) is 0 Å². The summed E-state index contributed by atoms with van der Waals surface area (Å²) < 4.78 is 11.0. The van der Waals surface area contributed by atoms with E-state index in [4.69, 9.17) is 9.26 Å². The molecule has 1 heterocycles. The molecule has 17 heavy (non-hydrogen) atoms. The molecule has 1 rings (SSSR count). The minimum absolute atomic E-state index is 0.110. The van der Waals surface area contributed by atoms with Crippen molar-refractivity contribution in [3.05, 3.63) is 11.7 Å². The molecule has 0 bridgehead atoms. The molecule has 0 saturated carbocycles. The molecule has 5 heteroatoms. The van der Waals surface area contributed by atoms with Crippen LogP contribution in [0.2, 0.25) is 0 Å². The number of ether oxygens (including phenoxy) is 1. The van der Waals surface area contributed by atoms with Crippen LogP contribution in [0.1, 0.15) is 58.3 Å². The molecule has 1 N–H and O–H groups in total. The Bertz CT molecular complexity index is 336. The van der Waals surface area contributed by atoms with Crippen molar-refractivity contribution >= 4 is 0 Å². The summed E-state index contributed by atoms with van der Waals surface area (Å²) in [6.45, 7) is 8.73. The third-order valence-electron chi connectivity index (χ3n) is 3.11. The lowest BCUT2D eigenvalue weighted by Crippen LogP contribution is -2.27. The number of hydrogen-bond acceptors (Lipinski definition) is 5. The van der Waals surface area contributed by atoms with E-state index < -0.39 is 5.60 Å². The highest BCUT2D eigenvalue weighted by Crippen LogP contribution is 2.27. The summed E-state index contributed by atoms with van der Waals surface area (Å²) in [6, 6.07) is 0.110. The van der Waals surface area contributed by atoms with E-state index in [1.165, 1.54) is 0 Å². The van der Waals surface area contributed by atoms with Crippen molar-refractivity contribution in [2.45, 2.75) is 52.2 Å². The summed E-state index contributed by atoms with van der Waals surface area (Å²) >= 11 is 0. The molecule has 0 aliphatic heterocycles. The van der Waals surface area contributed by atoms with Gasteiger partial charge in [0.05, 0.1) is 6.04 Å². The highest BCUT2D eigenvalue weighted by Gasteiger charge is 2.31. The van der Waals surface area contributed by atoms with Crippen LogP contribution in [0, 0.1) is 0 Å². The molecule has 2 atom stereocenters. The molecule has 0 aromatic carbocycles. The van der Waals surface area contributed by atoms with Crippen LogP contribution in [-0.2, 0) is 10.3 Å². The Morgan fingerprint density at radius 2 is 2.12 bits per heavy atom. The summed E-state index contributed by atoms with van der Waals surface area (Å²) in [5.74, 6) is 1.26. The summed E-state index contributed by atoms with van der Waals surface area (Å²) in [6.07, 6.45) is 1.73. The Labute approximate surface area is 103 Å². The standard InChI is InChI=1S/C12H23N3O2/c1-6-9(13-5)10-14-11(15-17-10)12(4,7-2)16-8-3/h9,13H,6-8H2,1-5H3. The first-order valence-corrected chi connectivity index (χ1v) is 6.26. The van der Waals surface area contributed by atoms with E-state index in [-0.39, 0.29) is 6.04 Å². The first kappa shape index (κ1) is 14.1. The molecule has 0 amide bonds. The van der Waals surface area contributed by atoms with Crippen molar-refractivity contribution in [1.29, 1.82) is 0 Å². The zero-order valence-corrected chi connectivity index (χ0v) is 11.4. The van der Waals surface area contributed by atoms with Gasteiger partial charge in [-0.3, -0.25) is 0 Å². The largest absolute Gasteiger partial charge is 0.367 e. The minimum atomic E-state index is -0.456. The molecule has 2 unspecified atom stereocenters. The van der Waals surface area contributed by atoms with Crippen molar-refractivity contribution in [3.63, 3.8) is 0 Å². The summed E-state index contributed by atoms with van der Waals surface area (Å²) in [7, 11) is 1.89. The van der Waals surface area contributed by atoms with Crippen molar-refractivity contribution in [3.8, 4) is 0 Å². The van der Waals surface area contributed by atoms with E-state index >= 15 is 0 Å². The van der Waals surface area contributed by atoms with Crippen LogP contribution in [0.4, 0.5) is 0 Å². The Kier molecular flexibility index (Phi) is 5.08. The first-order chi connectivity index (χ1) is 8.11. The molecule has 0 fully saturated rings. The second-order valence-electron chi connectivity index (χ2n) is 4.22. The van der Waals surface area contributed by atoms with E-state index in [1.807, 2.05) is 20.9 Å². The molecule has 98 valence electrons. The lowest BCUT2D eigenvalue weighted by Gasteiger charge is -2.23. The van der Waals surface area contributed by atoms with E-state index in [0.717, 1.165) is 12.8 Å². The van der Waals surface area contributed by atoms with Crippen LogP contribution in [-0.4, -0.2) is 23.8 Å². The van der Waals surface area contributed by atoms with Crippen molar-refractivity contribution in [1.82, 2.24) is 15.5 Å². The van der Waals surface area contributed by atoms with Crippen LogP contribution in [0.15, 0.2) is 4.52 Å². The van der Waals surface area contributed by atoms with Gasteiger partial charge < -0.3 is 14.6 Å². The van der Waals surface area contributed by atoms with Crippen LogP contribution in [0.5, 0.6) is 0 Å². The maximum absolute atomic E-state index is 5.72. The van der Waals surface area contributed by atoms with Gasteiger partial charge in [0.25, 0.3) is 0 Å². The van der Waals surface area contributed by atoms with Gasteiger partial charge in [0.15, 0.2) is 0 Å². The van der Waals surface area contributed by atoms with Gasteiger partial charge in [-0.1, -0.05) is 19.0 Å². The highest BCUT2D eigenvalue weighted by atomic mass is 16.5. The number of nitrogens with one attached hydrogen (secondary N) is 1. The zero-order valence-electron chi connectivity index (χ0n) is 11.4. The zero-order chi connectivity index (χ0) is 12.9. The molecule has 0 saturated heterocycles. The smallest absolute Gasteiger partial charge is 0.243 e. The lowest BCUT2D eigenvalue weighted by atomic mass is 10.0. The van der Waals surface area contributed by atoms with Crippen molar-refractivity contribution < 1.29 is 9.26 Å². The minimum Gasteiger partial charge on any atom is -0.367 e. The monoisotopic (exact) mass is 241 g/mol. The van der Waals surface area contributed by atoms with Gasteiger partial charge in [0.1, 0.15) is 5.60 Å². The molecular formula is C12H23N3O2. The average molecular weight is 241 g/mol. The van der Waals surface area contributed by atoms with Gasteiger partial charge in [-0.15, -0.1) is 0 Å². The average Bonchev–Trinajstić information content (AvgIpc) is 2.81. The second kappa shape index (κ2) is 6.12. The van der Waals surface area contributed by atoms with E-state index in [9.17, 15) is 0 Å². The maximum atomic E-state index is 5.72. The van der Waals surface area contributed by atoms with Gasteiger partial charge in [-0.25, -0.2) is 0 Å². The lowest BCUT2D eigenvalue weighted by molar-refractivity contribution is -0.0403. The summed E-state index contributed by atoms with van der Waals surface area (Å²) in [5.41, 5.74) is -0.456. The molecule has 0 aliphatic carbocycles. The van der Waals surface area contributed by atoms with Crippen molar-refractivity contribution in [2.24, 2.45) is 0 Å². The van der Waals surface area contributed by atoms with E-state index in [2.05, 4.69) is 29.3 Å². The maximum Gasteiger partial charge on any atom is 0.243 e. The molecule has 0 aliphatic rings. The van der Waals surface area contributed by atoms with E-state index in [1.54, 1.807) is 0 Å². The molecule has 0 spiro atoms. The van der Waals surface area contributed by atoms with Crippen LogP contribution >= 0.6 is 0 Å². The third kappa shape index (κ3) is 3.04. The number of hydrogen-bond donors (Lipinski definition) is 1. The fourth-order valence-electron chi connectivity index (χ4n) is 1.74. The quantitative estimate of drug-likeness (QED) is 0.794. The predicted molar refractivity (Wildman–Crippen MR) is 65.7 cm³/mol. The fraction of sp³-hybridized carbons (Fsp3) is 0.833. The number of rotatable bonds is 7. The topological polar surface area (TPSA) is 60.2 Å². The van der Waals surface area contributed by atoms with Gasteiger partial charge >= 0.3 is 0 Å². The Morgan fingerprint density at radius 3 is 2.59 bits per heavy atom. The molecular weight excluding hydrogens is 218 g/mol. The SMILES string of the molecule is CCOC(C)(CC)c1noc(C(CC)NC)n1. The second-order valence-corrected chi connectivity index (χ2v) is 4.22. The van der Waals surface area contributed by atoms with Crippen LogP contribution < -0.4 is 5.32 Å². The normalized spacial score (nSPS) is 16.8. The van der Waals surface area contributed by atoms with Crippen molar-refractivity contribution in [2.75, 3.05) is 13.7 Å². The first-order valence-electron chi connectivity index (χ1n) is 6.26. The van der Waals surface area contributed by atoms with Gasteiger partial charge in [-0.2, -0.15) is 4.98 Å². The van der Waals surface area contributed by atoms with Gasteiger partial charge in [-0.05, 0) is 33.7 Å². The highest BCUT2D eigenvalue weighted by molar-refractivity contribution is 5.01. The van der Waals surface area contributed by atoms with Gasteiger partial charge in [0.2, 0.25) is 11.7 Å². The fourth-order valence-corrected chi connectivity index (χ4v) is 1.74. The summed E-state index contributed by atoms with van der Waals surface area (Å²) in [4.78, 5) is 4.45. The van der Waals surface area contributed by atoms with Crippen LogP contribution in [0.25, 0.3) is 0 Å².